The Labute approximate surface area is 85.8 Å². The van der Waals surface area contributed by atoms with Crippen molar-refractivity contribution in [3.05, 3.63) is 17.4 Å². The van der Waals surface area contributed by atoms with Gasteiger partial charge in [-0.15, -0.1) is 0 Å². The molecule has 0 saturated carbocycles. The second kappa shape index (κ2) is 4.73. The Kier molecular flexibility index (Phi) is 3.90. The molecule has 0 N–H and O–H groups in total. The third-order valence-corrected chi connectivity index (χ3v) is 3.22. The second-order valence-electron chi connectivity index (χ2n) is 2.36. The molecule has 66 valence electrons. The first-order valence-electron chi connectivity index (χ1n) is 3.78. The minimum atomic E-state index is 0.545. The Balaban J connectivity index is 2.78. The summed E-state index contributed by atoms with van der Waals surface area (Å²) in [5, 5.41) is 0.545. The SMILES string of the molecule is CCCOc1ccnc(Cl)c1[AsH2]. The van der Waals surface area contributed by atoms with Crippen LogP contribution in [0.25, 0.3) is 0 Å². The first-order chi connectivity index (χ1) is 5.75. The molecular formula is C8H11AsClNO. The molecule has 0 aliphatic heterocycles. The molecule has 0 saturated heterocycles. The Hall–Kier alpha value is -0.202. The van der Waals surface area contributed by atoms with Gasteiger partial charge >= 0.3 is 85.6 Å². The Morgan fingerprint density at radius 2 is 2.42 bits per heavy atom. The number of hydrogen-bond donors (Lipinski definition) is 0. The average Bonchev–Trinajstić information content (AvgIpc) is 2.08. The first-order valence-corrected chi connectivity index (χ1v) is 5.37. The molecule has 0 spiro atoms. The molecule has 1 atom stereocenters. The van der Waals surface area contributed by atoms with E-state index in [4.69, 9.17) is 16.3 Å². The molecule has 0 aliphatic carbocycles. The van der Waals surface area contributed by atoms with Crippen LogP contribution in [0.5, 0.6) is 5.75 Å². The van der Waals surface area contributed by atoms with E-state index in [1.807, 2.05) is 6.07 Å². The summed E-state index contributed by atoms with van der Waals surface area (Å²) in [5.41, 5.74) is 0. The van der Waals surface area contributed by atoms with E-state index in [1.54, 1.807) is 6.20 Å². The monoisotopic (exact) mass is 247 g/mol. The summed E-state index contributed by atoms with van der Waals surface area (Å²) >= 11 is 7.26. The zero-order valence-corrected chi connectivity index (χ0v) is 10.1. The Bertz CT molecular complexity index is 267. The van der Waals surface area contributed by atoms with E-state index < -0.39 is 0 Å². The number of hydrogen-bond acceptors (Lipinski definition) is 2. The van der Waals surface area contributed by atoms with E-state index in [0.717, 1.165) is 23.1 Å². The van der Waals surface area contributed by atoms with E-state index >= 15 is 0 Å². The molecule has 1 unspecified atom stereocenters. The standard InChI is InChI=1S/C8H11AsClNO/c1-2-5-12-6-3-4-11-8(10)7(6)9/h3-4H,2,5,9H2,1H3. The van der Waals surface area contributed by atoms with Crippen molar-refractivity contribution in [2.24, 2.45) is 0 Å². The maximum absolute atomic E-state index is 5.82. The molecule has 0 radical (unpaired) electrons. The minimum absolute atomic E-state index is 0.545. The zero-order chi connectivity index (χ0) is 8.97. The second-order valence-corrected chi connectivity index (χ2v) is 3.93. The van der Waals surface area contributed by atoms with E-state index in [1.165, 1.54) is 16.9 Å². The molecule has 1 rings (SSSR count). The van der Waals surface area contributed by atoms with Crippen LogP contribution in [0.4, 0.5) is 0 Å². The molecular weight excluding hydrogens is 236 g/mol. The summed E-state index contributed by atoms with van der Waals surface area (Å²) in [7, 11) is 0. The van der Waals surface area contributed by atoms with E-state index in [9.17, 15) is 0 Å². The summed E-state index contributed by atoms with van der Waals surface area (Å²) in [6.07, 6.45) is 2.67. The van der Waals surface area contributed by atoms with Crippen molar-refractivity contribution in [3.8, 4) is 5.75 Å². The van der Waals surface area contributed by atoms with Crippen molar-refractivity contribution in [2.75, 3.05) is 6.61 Å². The van der Waals surface area contributed by atoms with Gasteiger partial charge in [-0.3, -0.25) is 0 Å². The summed E-state index contributed by atoms with van der Waals surface area (Å²) in [6.45, 7) is 2.81. The van der Waals surface area contributed by atoms with Crippen molar-refractivity contribution in [1.82, 2.24) is 4.98 Å². The predicted octanol–water partition coefficient (Wildman–Crippen LogP) is 0.782. The fourth-order valence-corrected chi connectivity index (χ4v) is 1.45. The molecule has 1 heterocycles. The van der Waals surface area contributed by atoms with Gasteiger partial charge in [0.15, 0.2) is 0 Å². The van der Waals surface area contributed by atoms with Gasteiger partial charge in [0.1, 0.15) is 0 Å². The van der Waals surface area contributed by atoms with Gasteiger partial charge in [0.25, 0.3) is 0 Å². The number of rotatable bonds is 3. The predicted molar refractivity (Wildman–Crippen MR) is 53.2 cm³/mol. The Morgan fingerprint density at radius 1 is 1.67 bits per heavy atom. The van der Waals surface area contributed by atoms with Crippen LogP contribution in [-0.2, 0) is 0 Å². The van der Waals surface area contributed by atoms with E-state index in [2.05, 4.69) is 11.9 Å². The van der Waals surface area contributed by atoms with Gasteiger partial charge in [-0.05, 0) is 0 Å². The molecule has 1 aromatic heterocycles. The molecule has 4 heteroatoms. The fraction of sp³-hybridized carbons (Fsp3) is 0.375. The van der Waals surface area contributed by atoms with Crippen LogP contribution < -0.4 is 9.09 Å². The van der Waals surface area contributed by atoms with Gasteiger partial charge in [0.2, 0.25) is 0 Å². The van der Waals surface area contributed by atoms with Crippen LogP contribution in [0.3, 0.4) is 0 Å². The van der Waals surface area contributed by atoms with Crippen molar-refractivity contribution >= 4 is 32.8 Å². The van der Waals surface area contributed by atoms with Crippen LogP contribution in [0.15, 0.2) is 12.3 Å². The molecule has 0 bridgehead atoms. The van der Waals surface area contributed by atoms with Crippen LogP contribution in [0, 0.1) is 0 Å². The summed E-state index contributed by atoms with van der Waals surface area (Å²) in [5.74, 6) is 0.858. The topological polar surface area (TPSA) is 22.1 Å². The summed E-state index contributed by atoms with van der Waals surface area (Å²) in [6, 6.07) is 1.85. The van der Waals surface area contributed by atoms with Gasteiger partial charge in [-0.2, -0.15) is 0 Å². The van der Waals surface area contributed by atoms with Crippen LogP contribution in [-0.4, -0.2) is 28.4 Å². The normalized spacial score (nSPS) is 9.92. The average molecular weight is 248 g/mol. The van der Waals surface area contributed by atoms with Gasteiger partial charge in [-0.1, -0.05) is 0 Å². The molecule has 0 aromatic carbocycles. The zero-order valence-electron chi connectivity index (χ0n) is 6.88. The van der Waals surface area contributed by atoms with Crippen LogP contribution in [0.2, 0.25) is 5.15 Å². The summed E-state index contributed by atoms with van der Waals surface area (Å²) in [4.78, 5) is 3.95. The van der Waals surface area contributed by atoms with E-state index in [0.29, 0.717) is 5.15 Å². The quantitative estimate of drug-likeness (QED) is 0.582. The van der Waals surface area contributed by atoms with Crippen molar-refractivity contribution in [3.63, 3.8) is 0 Å². The fourth-order valence-electron chi connectivity index (χ4n) is 0.769. The molecule has 12 heavy (non-hydrogen) atoms. The van der Waals surface area contributed by atoms with Crippen LogP contribution in [0.1, 0.15) is 13.3 Å². The third kappa shape index (κ3) is 2.39. The van der Waals surface area contributed by atoms with Crippen molar-refractivity contribution in [1.29, 1.82) is 0 Å². The number of halogens is 1. The molecule has 0 fully saturated rings. The Morgan fingerprint density at radius 3 is 3.08 bits per heavy atom. The first kappa shape index (κ1) is 9.88. The van der Waals surface area contributed by atoms with Gasteiger partial charge in [0, 0.05) is 0 Å². The van der Waals surface area contributed by atoms with E-state index in [-0.39, 0.29) is 0 Å². The number of pyridine rings is 1. The number of aromatic nitrogens is 1. The van der Waals surface area contributed by atoms with Crippen LogP contribution >= 0.6 is 11.6 Å². The van der Waals surface area contributed by atoms with Gasteiger partial charge in [-0.25, -0.2) is 0 Å². The van der Waals surface area contributed by atoms with Crippen molar-refractivity contribution < 1.29 is 4.74 Å². The maximum atomic E-state index is 5.82. The summed E-state index contributed by atoms with van der Waals surface area (Å²) < 4.78 is 6.43. The number of nitrogens with zero attached hydrogens (tertiary/aromatic N) is 1. The molecule has 0 amide bonds. The molecule has 0 aliphatic rings. The number of ether oxygens (including phenoxy) is 1. The third-order valence-electron chi connectivity index (χ3n) is 1.36. The molecule has 2 nitrogen and oxygen atoms in total. The molecule has 1 aromatic rings. The van der Waals surface area contributed by atoms with Gasteiger partial charge in [0.05, 0.1) is 0 Å². The van der Waals surface area contributed by atoms with Crippen molar-refractivity contribution in [2.45, 2.75) is 13.3 Å². The van der Waals surface area contributed by atoms with Gasteiger partial charge < -0.3 is 0 Å².